The number of likely N-dealkylation sites (tertiary alicyclic amines) is 1. The van der Waals surface area contributed by atoms with E-state index in [1.807, 2.05) is 4.90 Å². The van der Waals surface area contributed by atoms with Crippen LogP contribution >= 0.6 is 15.9 Å². The molecule has 1 fully saturated rings. The fourth-order valence-corrected chi connectivity index (χ4v) is 1.96. The van der Waals surface area contributed by atoms with Crippen LogP contribution in [-0.4, -0.2) is 40.7 Å². The molecule has 17 heavy (non-hydrogen) atoms. The van der Waals surface area contributed by atoms with Crippen molar-refractivity contribution < 1.29 is 9.53 Å². The Bertz CT molecular complexity index is 377. The van der Waals surface area contributed by atoms with Crippen LogP contribution in [0.3, 0.4) is 0 Å². The summed E-state index contributed by atoms with van der Waals surface area (Å²) >= 11 is 3.18. The third-order valence-electron chi connectivity index (χ3n) is 2.66. The third-order valence-corrected chi connectivity index (χ3v) is 3.08. The maximum absolute atomic E-state index is 11.8. The lowest BCUT2D eigenvalue weighted by molar-refractivity contribution is -0.134. The molecule has 6 heteroatoms. The lowest BCUT2D eigenvalue weighted by atomic mass is 10.1. The number of rotatable bonds is 3. The summed E-state index contributed by atoms with van der Waals surface area (Å²) in [5.74, 6) is 0.396. The van der Waals surface area contributed by atoms with Crippen LogP contribution in [0.15, 0.2) is 16.7 Å². The molecule has 2 heterocycles. The molecule has 0 bridgehead atoms. The monoisotopic (exact) mass is 299 g/mol. The van der Waals surface area contributed by atoms with Gasteiger partial charge in [0.2, 0.25) is 5.88 Å². The first kappa shape index (κ1) is 12.3. The maximum Gasteiger partial charge on any atom is 0.260 e. The summed E-state index contributed by atoms with van der Waals surface area (Å²) in [7, 11) is 0. The molecular formula is C11H14BrN3O2. The Morgan fingerprint density at radius 1 is 1.29 bits per heavy atom. The van der Waals surface area contributed by atoms with E-state index in [1.165, 1.54) is 6.42 Å². The van der Waals surface area contributed by atoms with E-state index < -0.39 is 0 Å². The Labute approximate surface area is 108 Å². The Hall–Kier alpha value is -1.17. The predicted octanol–water partition coefficient (Wildman–Crippen LogP) is 1.63. The standard InChI is InChI=1S/C11H14BrN3O2/c12-9-4-5-10(14-13-9)17-8-11(16)15-6-2-1-3-7-15/h4-5H,1-3,6-8H2. The van der Waals surface area contributed by atoms with E-state index in [-0.39, 0.29) is 12.5 Å². The van der Waals surface area contributed by atoms with Gasteiger partial charge >= 0.3 is 0 Å². The van der Waals surface area contributed by atoms with Gasteiger partial charge in [0.15, 0.2) is 6.61 Å². The zero-order valence-electron chi connectivity index (χ0n) is 9.43. The summed E-state index contributed by atoms with van der Waals surface area (Å²) < 4.78 is 5.94. The summed E-state index contributed by atoms with van der Waals surface area (Å²) in [6, 6.07) is 3.41. The molecular weight excluding hydrogens is 286 g/mol. The minimum atomic E-state index is 0.0226. The number of nitrogens with zero attached hydrogens (tertiary/aromatic N) is 3. The number of piperidine rings is 1. The predicted molar refractivity (Wildman–Crippen MR) is 65.7 cm³/mol. The van der Waals surface area contributed by atoms with E-state index in [1.54, 1.807) is 12.1 Å². The second-order valence-electron chi connectivity index (χ2n) is 3.92. The molecule has 0 radical (unpaired) electrons. The van der Waals surface area contributed by atoms with Crippen LogP contribution in [0, 0.1) is 0 Å². The molecule has 1 aliphatic heterocycles. The molecule has 0 aliphatic carbocycles. The highest BCUT2D eigenvalue weighted by molar-refractivity contribution is 9.10. The molecule has 0 unspecified atom stereocenters. The Kier molecular flexibility index (Phi) is 4.30. The van der Waals surface area contributed by atoms with Crippen LogP contribution in [0.4, 0.5) is 0 Å². The number of amides is 1. The third kappa shape index (κ3) is 3.66. The molecule has 92 valence electrons. The number of aromatic nitrogens is 2. The van der Waals surface area contributed by atoms with Gasteiger partial charge in [-0.3, -0.25) is 4.79 Å². The van der Waals surface area contributed by atoms with Crippen LogP contribution in [0.2, 0.25) is 0 Å². The van der Waals surface area contributed by atoms with Crippen molar-refractivity contribution in [1.82, 2.24) is 15.1 Å². The largest absolute Gasteiger partial charge is 0.466 e. The molecule has 2 rings (SSSR count). The highest BCUT2D eigenvalue weighted by Crippen LogP contribution is 2.11. The van der Waals surface area contributed by atoms with Crippen LogP contribution in [-0.2, 0) is 4.79 Å². The van der Waals surface area contributed by atoms with E-state index in [0.717, 1.165) is 25.9 Å². The quantitative estimate of drug-likeness (QED) is 0.851. The van der Waals surface area contributed by atoms with Gasteiger partial charge in [-0.25, -0.2) is 0 Å². The summed E-state index contributed by atoms with van der Waals surface area (Å²) in [5.41, 5.74) is 0. The molecule has 1 saturated heterocycles. The summed E-state index contributed by atoms with van der Waals surface area (Å²) in [4.78, 5) is 13.6. The van der Waals surface area contributed by atoms with Gasteiger partial charge in [0, 0.05) is 19.2 Å². The van der Waals surface area contributed by atoms with Gasteiger partial charge in [-0.1, -0.05) is 0 Å². The molecule has 0 aromatic carbocycles. The van der Waals surface area contributed by atoms with Gasteiger partial charge in [-0.2, -0.15) is 0 Å². The average Bonchev–Trinajstić information content (AvgIpc) is 2.39. The minimum Gasteiger partial charge on any atom is -0.466 e. The van der Waals surface area contributed by atoms with Gasteiger partial charge in [0.05, 0.1) is 0 Å². The van der Waals surface area contributed by atoms with Gasteiger partial charge in [0.1, 0.15) is 4.60 Å². The molecule has 0 atom stereocenters. The lowest BCUT2D eigenvalue weighted by Gasteiger charge is -2.26. The first-order valence-corrected chi connectivity index (χ1v) is 6.45. The SMILES string of the molecule is O=C(COc1ccc(Br)nn1)N1CCCCC1. The summed E-state index contributed by atoms with van der Waals surface area (Å²) in [6.07, 6.45) is 3.39. The van der Waals surface area contributed by atoms with Crippen LogP contribution in [0.1, 0.15) is 19.3 Å². The summed E-state index contributed by atoms with van der Waals surface area (Å²) in [6.45, 7) is 1.72. The fourth-order valence-electron chi connectivity index (χ4n) is 1.75. The highest BCUT2D eigenvalue weighted by atomic mass is 79.9. The molecule has 0 N–H and O–H groups in total. The number of halogens is 1. The maximum atomic E-state index is 11.8. The van der Waals surface area contributed by atoms with Crippen molar-refractivity contribution in [2.45, 2.75) is 19.3 Å². The number of carbonyl (C=O) groups excluding carboxylic acids is 1. The average molecular weight is 300 g/mol. The molecule has 1 aliphatic rings. The smallest absolute Gasteiger partial charge is 0.260 e. The highest BCUT2D eigenvalue weighted by Gasteiger charge is 2.16. The van der Waals surface area contributed by atoms with Crippen molar-refractivity contribution >= 4 is 21.8 Å². The van der Waals surface area contributed by atoms with Crippen LogP contribution in [0.25, 0.3) is 0 Å². The van der Waals surface area contributed by atoms with Gasteiger partial charge in [0.25, 0.3) is 5.91 Å². The van der Waals surface area contributed by atoms with E-state index in [4.69, 9.17) is 4.74 Å². The second-order valence-corrected chi connectivity index (χ2v) is 4.74. The molecule has 0 saturated carbocycles. The number of hydrogen-bond acceptors (Lipinski definition) is 4. The molecule has 1 aromatic rings. The zero-order chi connectivity index (χ0) is 12.1. The van der Waals surface area contributed by atoms with E-state index in [0.29, 0.717) is 10.5 Å². The number of carbonyl (C=O) groups is 1. The topological polar surface area (TPSA) is 55.3 Å². The number of ether oxygens (including phenoxy) is 1. The van der Waals surface area contributed by atoms with E-state index >= 15 is 0 Å². The first-order valence-electron chi connectivity index (χ1n) is 5.65. The van der Waals surface area contributed by atoms with Crippen LogP contribution < -0.4 is 4.74 Å². The zero-order valence-corrected chi connectivity index (χ0v) is 11.0. The van der Waals surface area contributed by atoms with Crippen LogP contribution in [0.5, 0.6) is 5.88 Å². The molecule has 1 aromatic heterocycles. The first-order chi connectivity index (χ1) is 8.25. The van der Waals surface area contributed by atoms with Crippen molar-refractivity contribution in [1.29, 1.82) is 0 Å². The Morgan fingerprint density at radius 2 is 2.06 bits per heavy atom. The molecule has 1 amide bonds. The summed E-state index contributed by atoms with van der Waals surface area (Å²) in [5, 5.41) is 7.59. The van der Waals surface area contributed by atoms with Gasteiger partial charge < -0.3 is 9.64 Å². The van der Waals surface area contributed by atoms with E-state index in [9.17, 15) is 4.79 Å². The van der Waals surface area contributed by atoms with Crippen molar-refractivity contribution in [3.63, 3.8) is 0 Å². The lowest BCUT2D eigenvalue weighted by Crippen LogP contribution is -2.38. The van der Waals surface area contributed by atoms with Crippen molar-refractivity contribution in [3.05, 3.63) is 16.7 Å². The minimum absolute atomic E-state index is 0.0226. The fraction of sp³-hybridized carbons (Fsp3) is 0.545. The second kappa shape index (κ2) is 5.95. The van der Waals surface area contributed by atoms with Gasteiger partial charge in [-0.05, 0) is 41.3 Å². The van der Waals surface area contributed by atoms with E-state index in [2.05, 4.69) is 26.1 Å². The molecule has 0 spiro atoms. The van der Waals surface area contributed by atoms with Gasteiger partial charge in [-0.15, -0.1) is 10.2 Å². The Balaban J connectivity index is 1.81. The Morgan fingerprint density at radius 3 is 2.71 bits per heavy atom. The van der Waals surface area contributed by atoms with Crippen molar-refractivity contribution in [2.75, 3.05) is 19.7 Å². The normalized spacial score (nSPS) is 15.7. The van der Waals surface area contributed by atoms with Crippen molar-refractivity contribution in [2.24, 2.45) is 0 Å². The number of hydrogen-bond donors (Lipinski definition) is 0. The molecule has 5 nitrogen and oxygen atoms in total. The van der Waals surface area contributed by atoms with Crippen molar-refractivity contribution in [3.8, 4) is 5.88 Å².